The van der Waals surface area contributed by atoms with Crippen molar-refractivity contribution in [2.45, 2.75) is 38.3 Å². The molecule has 3 aliphatic rings. The van der Waals surface area contributed by atoms with E-state index < -0.39 is 6.04 Å². The van der Waals surface area contributed by atoms with E-state index in [-0.39, 0.29) is 41.4 Å². The first-order chi connectivity index (χ1) is 17.6. The molecule has 2 aliphatic carbocycles. The first kappa shape index (κ1) is 22.7. The number of amides is 3. The second-order valence-corrected chi connectivity index (χ2v) is 10.4. The van der Waals surface area contributed by atoms with Crippen LogP contribution in [0, 0.1) is 23.7 Å². The highest BCUT2D eigenvalue weighted by molar-refractivity contribution is 6.11. The average molecular weight is 479 g/mol. The van der Waals surface area contributed by atoms with Gasteiger partial charge >= 0.3 is 0 Å². The lowest BCUT2D eigenvalue weighted by atomic mass is 9.81. The van der Waals surface area contributed by atoms with Gasteiger partial charge in [0.1, 0.15) is 6.04 Å². The summed E-state index contributed by atoms with van der Waals surface area (Å²) in [5.74, 6) is -0.434. The monoisotopic (exact) mass is 478 g/mol. The van der Waals surface area contributed by atoms with Crippen molar-refractivity contribution in [1.29, 1.82) is 0 Å². The summed E-state index contributed by atoms with van der Waals surface area (Å²) >= 11 is 0. The molecule has 3 fully saturated rings. The Morgan fingerprint density at radius 3 is 1.81 bits per heavy atom. The Kier molecular flexibility index (Phi) is 5.92. The van der Waals surface area contributed by atoms with Crippen molar-refractivity contribution in [3.63, 3.8) is 0 Å². The Morgan fingerprint density at radius 2 is 1.25 bits per heavy atom. The molecule has 2 bridgehead atoms. The molecule has 0 unspecified atom stereocenters. The smallest absolute Gasteiger partial charge is 0.250 e. The zero-order valence-corrected chi connectivity index (χ0v) is 20.2. The number of anilines is 1. The minimum absolute atomic E-state index is 0.140. The number of likely N-dealkylation sites (tertiary alicyclic amines) is 1. The van der Waals surface area contributed by atoms with Crippen LogP contribution >= 0.6 is 0 Å². The Hall–Kier alpha value is -3.73. The lowest BCUT2D eigenvalue weighted by molar-refractivity contribution is -0.148. The molecule has 5 atom stereocenters. The molecule has 3 aromatic carbocycles. The number of nitrogens with zero attached hydrogens (tertiary/aromatic N) is 2. The fraction of sp³-hybridized carbons (Fsp3) is 0.323. The average Bonchev–Trinajstić information content (AvgIpc) is 3.61. The number of hydrogen-bond acceptors (Lipinski definition) is 3. The summed E-state index contributed by atoms with van der Waals surface area (Å²) in [4.78, 5) is 45.0. The molecule has 0 radical (unpaired) electrons. The van der Waals surface area contributed by atoms with Gasteiger partial charge in [-0.15, -0.1) is 0 Å². The van der Waals surface area contributed by atoms with E-state index >= 15 is 0 Å². The van der Waals surface area contributed by atoms with E-state index in [1.165, 1.54) is 4.90 Å². The SMILES string of the molecule is O=C([C@@H](Cc1ccccc1)N1C(=O)[C@@H]2[C@H]3CC[C@@H](C3)[C@@H]2C1=O)N(Cc1ccccc1)c1ccccc1. The first-order valence-corrected chi connectivity index (χ1v) is 12.9. The molecule has 1 heterocycles. The van der Waals surface area contributed by atoms with Crippen LogP contribution in [0.4, 0.5) is 5.69 Å². The van der Waals surface area contributed by atoms with Gasteiger partial charge in [-0.3, -0.25) is 19.3 Å². The predicted octanol–water partition coefficient (Wildman–Crippen LogP) is 4.86. The van der Waals surface area contributed by atoms with Crippen molar-refractivity contribution in [2.75, 3.05) is 4.90 Å². The maximum atomic E-state index is 14.4. The molecule has 1 aliphatic heterocycles. The maximum Gasteiger partial charge on any atom is 0.250 e. The molecule has 1 saturated heterocycles. The molecule has 3 amide bonds. The molecular formula is C31H30N2O3. The van der Waals surface area contributed by atoms with Crippen LogP contribution in [0.3, 0.4) is 0 Å². The highest BCUT2D eigenvalue weighted by atomic mass is 16.2. The van der Waals surface area contributed by atoms with E-state index in [4.69, 9.17) is 0 Å². The van der Waals surface area contributed by atoms with Crippen molar-refractivity contribution >= 4 is 23.4 Å². The number of carbonyl (C=O) groups is 3. The van der Waals surface area contributed by atoms with Crippen LogP contribution in [-0.4, -0.2) is 28.7 Å². The van der Waals surface area contributed by atoms with Gasteiger partial charge in [0.2, 0.25) is 11.8 Å². The van der Waals surface area contributed by atoms with Crippen LogP contribution in [0.25, 0.3) is 0 Å². The molecule has 2 saturated carbocycles. The fourth-order valence-corrected chi connectivity index (χ4v) is 6.72. The Balaban J connectivity index is 1.39. The molecule has 0 N–H and O–H groups in total. The fourth-order valence-electron chi connectivity index (χ4n) is 6.72. The summed E-state index contributed by atoms with van der Waals surface area (Å²) in [7, 11) is 0. The standard InChI is InChI=1S/C31H30N2O3/c34-29(32(25-14-8-3-9-15-25)20-22-12-6-2-7-13-22)26(18-21-10-4-1-5-11-21)33-30(35)27-23-16-17-24(19-23)28(27)31(33)36/h1-15,23-24,26-28H,16-20H2/t23-,24-,26+,27-,28+/m0/s1. The van der Waals surface area contributed by atoms with Gasteiger partial charge in [0.05, 0.1) is 18.4 Å². The van der Waals surface area contributed by atoms with Crippen LogP contribution < -0.4 is 4.90 Å². The third kappa shape index (κ3) is 3.93. The van der Waals surface area contributed by atoms with Crippen LogP contribution in [0.15, 0.2) is 91.0 Å². The van der Waals surface area contributed by atoms with Gasteiger partial charge in [0, 0.05) is 12.1 Å². The minimum atomic E-state index is -0.874. The van der Waals surface area contributed by atoms with Crippen molar-refractivity contribution in [2.24, 2.45) is 23.7 Å². The highest BCUT2D eigenvalue weighted by Crippen LogP contribution is 2.56. The molecule has 0 aromatic heterocycles. The van der Waals surface area contributed by atoms with Gasteiger partial charge in [0.25, 0.3) is 5.91 Å². The van der Waals surface area contributed by atoms with Gasteiger partial charge in [-0.25, -0.2) is 0 Å². The van der Waals surface area contributed by atoms with E-state index in [2.05, 4.69) is 0 Å². The van der Waals surface area contributed by atoms with Crippen LogP contribution in [0.5, 0.6) is 0 Å². The Morgan fingerprint density at radius 1 is 0.750 bits per heavy atom. The molecular weight excluding hydrogens is 448 g/mol. The second-order valence-electron chi connectivity index (χ2n) is 10.4. The van der Waals surface area contributed by atoms with Crippen LogP contribution in [0.1, 0.15) is 30.4 Å². The molecule has 5 heteroatoms. The molecule has 6 rings (SSSR count). The van der Waals surface area contributed by atoms with E-state index in [0.29, 0.717) is 13.0 Å². The lowest BCUT2D eigenvalue weighted by Gasteiger charge is -2.32. The zero-order valence-electron chi connectivity index (χ0n) is 20.2. The number of hydrogen-bond donors (Lipinski definition) is 0. The Labute approximate surface area is 211 Å². The number of benzene rings is 3. The van der Waals surface area contributed by atoms with Crippen molar-refractivity contribution in [3.8, 4) is 0 Å². The maximum absolute atomic E-state index is 14.4. The predicted molar refractivity (Wildman–Crippen MR) is 138 cm³/mol. The molecule has 0 spiro atoms. The molecule has 182 valence electrons. The van der Waals surface area contributed by atoms with Crippen molar-refractivity contribution in [3.05, 3.63) is 102 Å². The van der Waals surface area contributed by atoms with E-state index in [0.717, 1.165) is 36.1 Å². The van der Waals surface area contributed by atoms with Crippen LogP contribution in [0.2, 0.25) is 0 Å². The van der Waals surface area contributed by atoms with Gasteiger partial charge in [-0.2, -0.15) is 0 Å². The summed E-state index contributed by atoms with van der Waals surface area (Å²) in [6.07, 6.45) is 3.31. The third-order valence-corrected chi connectivity index (χ3v) is 8.35. The van der Waals surface area contributed by atoms with Gasteiger partial charge in [-0.1, -0.05) is 78.9 Å². The van der Waals surface area contributed by atoms with Crippen molar-refractivity contribution < 1.29 is 14.4 Å². The van der Waals surface area contributed by atoms with Gasteiger partial charge in [0.15, 0.2) is 0 Å². The lowest BCUT2D eigenvalue weighted by Crippen LogP contribution is -2.53. The zero-order chi connectivity index (χ0) is 24.6. The van der Waals surface area contributed by atoms with Crippen LogP contribution in [-0.2, 0) is 27.3 Å². The first-order valence-electron chi connectivity index (χ1n) is 12.9. The number of carbonyl (C=O) groups excluding carboxylic acids is 3. The highest BCUT2D eigenvalue weighted by Gasteiger charge is 2.62. The number of fused-ring (bicyclic) bond motifs is 5. The molecule has 3 aromatic rings. The largest absolute Gasteiger partial charge is 0.306 e. The summed E-state index contributed by atoms with van der Waals surface area (Å²) in [5.41, 5.74) is 2.68. The normalized spacial score (nSPS) is 25.2. The second kappa shape index (κ2) is 9.38. The van der Waals surface area contributed by atoms with Gasteiger partial charge in [-0.05, 0) is 54.4 Å². The van der Waals surface area contributed by atoms with Gasteiger partial charge < -0.3 is 4.90 Å². The summed E-state index contributed by atoms with van der Waals surface area (Å²) in [5, 5.41) is 0. The van der Waals surface area contributed by atoms with E-state index in [1.54, 1.807) is 4.90 Å². The third-order valence-electron chi connectivity index (χ3n) is 8.35. The topological polar surface area (TPSA) is 57.7 Å². The van der Waals surface area contributed by atoms with Crippen molar-refractivity contribution in [1.82, 2.24) is 4.90 Å². The number of para-hydroxylation sites is 1. The Bertz CT molecular complexity index is 1230. The number of imide groups is 1. The molecule has 5 nitrogen and oxygen atoms in total. The van der Waals surface area contributed by atoms with E-state index in [9.17, 15) is 14.4 Å². The summed E-state index contributed by atoms with van der Waals surface area (Å²) in [6, 6.07) is 28.2. The van der Waals surface area contributed by atoms with E-state index in [1.807, 2.05) is 91.0 Å². The summed E-state index contributed by atoms with van der Waals surface area (Å²) < 4.78 is 0. The minimum Gasteiger partial charge on any atom is -0.306 e. The number of rotatable bonds is 7. The molecule has 36 heavy (non-hydrogen) atoms. The summed E-state index contributed by atoms with van der Waals surface area (Å²) in [6.45, 7) is 0.364. The quantitative estimate of drug-likeness (QED) is 0.456.